The Kier molecular flexibility index (Phi) is 9.25. The molecule has 0 bridgehead atoms. The van der Waals surface area contributed by atoms with Gasteiger partial charge in [0, 0.05) is 25.7 Å². The molecule has 118 valence electrons. The van der Waals surface area contributed by atoms with Gasteiger partial charge in [-0.1, -0.05) is 12.7 Å². The first-order valence-electron chi connectivity index (χ1n) is 6.45. The van der Waals surface area contributed by atoms with Crippen LogP contribution in [0.5, 0.6) is 11.5 Å². The van der Waals surface area contributed by atoms with E-state index in [0.29, 0.717) is 30.2 Å². The number of likely N-dealkylation sites (N-methyl/N-ethyl adjacent to an activating group) is 2. The van der Waals surface area contributed by atoms with Crippen molar-refractivity contribution >= 4 is 18.3 Å². The Bertz CT molecular complexity index is 466. The average Bonchev–Trinajstić information content (AvgIpc) is 2.49. The fraction of sp³-hybridized carbons (Fsp3) is 0.400. The highest BCUT2D eigenvalue weighted by molar-refractivity contribution is 5.94. The van der Waals surface area contributed by atoms with Crippen LogP contribution >= 0.6 is 12.4 Å². The van der Waals surface area contributed by atoms with Crippen LogP contribution in [0.15, 0.2) is 30.9 Å². The predicted molar refractivity (Wildman–Crippen MR) is 86.8 cm³/mol. The number of hydrogen-bond acceptors (Lipinski definition) is 4. The second-order valence-corrected chi connectivity index (χ2v) is 4.30. The molecule has 0 radical (unpaired) electrons. The summed E-state index contributed by atoms with van der Waals surface area (Å²) in [5, 5.41) is 3.01. The lowest BCUT2D eigenvalue weighted by molar-refractivity contribution is 0.0796. The van der Waals surface area contributed by atoms with E-state index in [1.807, 2.05) is 7.05 Å². The fourth-order valence-corrected chi connectivity index (χ4v) is 1.67. The zero-order valence-electron chi connectivity index (χ0n) is 12.7. The largest absolute Gasteiger partial charge is 0.493 e. The Labute approximate surface area is 132 Å². The van der Waals surface area contributed by atoms with Crippen LogP contribution in [-0.4, -0.2) is 51.7 Å². The van der Waals surface area contributed by atoms with Crippen molar-refractivity contribution in [1.29, 1.82) is 0 Å². The molecular weight excluding hydrogens is 292 g/mol. The lowest BCUT2D eigenvalue weighted by Crippen LogP contribution is -2.32. The van der Waals surface area contributed by atoms with Gasteiger partial charge in [0.25, 0.3) is 5.91 Å². The van der Waals surface area contributed by atoms with E-state index in [4.69, 9.17) is 9.47 Å². The Morgan fingerprint density at radius 3 is 2.71 bits per heavy atom. The molecule has 6 heteroatoms. The van der Waals surface area contributed by atoms with Crippen molar-refractivity contribution < 1.29 is 14.3 Å². The minimum absolute atomic E-state index is 0. The quantitative estimate of drug-likeness (QED) is 0.745. The topological polar surface area (TPSA) is 50.8 Å². The molecule has 0 aliphatic carbocycles. The van der Waals surface area contributed by atoms with Crippen molar-refractivity contribution in [3.63, 3.8) is 0 Å². The molecule has 1 aromatic rings. The molecule has 0 unspecified atom stereocenters. The molecule has 0 aromatic heterocycles. The summed E-state index contributed by atoms with van der Waals surface area (Å²) in [7, 11) is 5.18. The highest BCUT2D eigenvalue weighted by atomic mass is 35.5. The summed E-state index contributed by atoms with van der Waals surface area (Å²) < 4.78 is 10.7. The van der Waals surface area contributed by atoms with Crippen molar-refractivity contribution in [3.05, 3.63) is 36.4 Å². The first-order valence-corrected chi connectivity index (χ1v) is 6.45. The maximum atomic E-state index is 12.2. The van der Waals surface area contributed by atoms with Gasteiger partial charge in [-0.05, 0) is 25.2 Å². The molecule has 0 saturated heterocycles. The lowest BCUT2D eigenvalue weighted by atomic mass is 10.1. The van der Waals surface area contributed by atoms with E-state index in [1.165, 1.54) is 0 Å². The van der Waals surface area contributed by atoms with Crippen molar-refractivity contribution in [2.45, 2.75) is 0 Å². The second kappa shape index (κ2) is 10.1. The van der Waals surface area contributed by atoms with Gasteiger partial charge in [0.2, 0.25) is 0 Å². The van der Waals surface area contributed by atoms with Crippen molar-refractivity contribution in [1.82, 2.24) is 10.2 Å². The third kappa shape index (κ3) is 5.65. The van der Waals surface area contributed by atoms with Crippen LogP contribution in [0.1, 0.15) is 10.4 Å². The molecule has 1 N–H and O–H groups in total. The minimum Gasteiger partial charge on any atom is -0.493 e. The van der Waals surface area contributed by atoms with Crippen molar-refractivity contribution in [2.75, 3.05) is 40.9 Å². The van der Waals surface area contributed by atoms with Crippen molar-refractivity contribution in [2.24, 2.45) is 0 Å². The van der Waals surface area contributed by atoms with E-state index in [0.717, 1.165) is 6.54 Å². The average molecular weight is 315 g/mol. The summed E-state index contributed by atoms with van der Waals surface area (Å²) in [6, 6.07) is 5.16. The summed E-state index contributed by atoms with van der Waals surface area (Å²) in [6.45, 7) is 5.39. The number of benzene rings is 1. The number of carbonyl (C=O) groups excluding carboxylic acids is 1. The Morgan fingerprint density at radius 1 is 1.43 bits per heavy atom. The number of methoxy groups -OCH3 is 1. The molecule has 1 rings (SSSR count). The molecule has 0 spiro atoms. The van der Waals surface area contributed by atoms with Crippen LogP contribution in [0.4, 0.5) is 0 Å². The maximum Gasteiger partial charge on any atom is 0.253 e. The summed E-state index contributed by atoms with van der Waals surface area (Å²) >= 11 is 0. The van der Waals surface area contributed by atoms with Crippen LogP contribution in [0, 0.1) is 0 Å². The Morgan fingerprint density at radius 2 is 2.14 bits per heavy atom. The lowest BCUT2D eigenvalue weighted by Gasteiger charge is -2.18. The minimum atomic E-state index is -0.0474. The van der Waals surface area contributed by atoms with E-state index in [1.54, 1.807) is 43.3 Å². The number of rotatable bonds is 8. The molecule has 0 heterocycles. The van der Waals surface area contributed by atoms with E-state index in [2.05, 4.69) is 11.9 Å². The number of nitrogens with zero attached hydrogens (tertiary/aromatic N) is 1. The summed E-state index contributed by atoms with van der Waals surface area (Å²) in [6.07, 6.45) is 1.66. The maximum absolute atomic E-state index is 12.2. The number of halogens is 1. The van der Waals surface area contributed by atoms with Crippen LogP contribution < -0.4 is 14.8 Å². The molecule has 0 atom stereocenters. The number of ether oxygens (including phenoxy) is 2. The smallest absolute Gasteiger partial charge is 0.253 e. The number of nitrogens with one attached hydrogen (secondary N) is 1. The molecule has 0 fully saturated rings. The molecular formula is C15H23ClN2O3. The second-order valence-electron chi connectivity index (χ2n) is 4.30. The van der Waals surface area contributed by atoms with Crippen LogP contribution in [0.2, 0.25) is 0 Å². The van der Waals surface area contributed by atoms with Gasteiger partial charge in [-0.3, -0.25) is 4.79 Å². The van der Waals surface area contributed by atoms with Gasteiger partial charge < -0.3 is 19.7 Å². The molecule has 1 aromatic carbocycles. The number of carbonyl (C=O) groups is 1. The van der Waals surface area contributed by atoms with Gasteiger partial charge in [0.05, 0.1) is 7.11 Å². The van der Waals surface area contributed by atoms with Gasteiger partial charge in [-0.2, -0.15) is 0 Å². The van der Waals surface area contributed by atoms with E-state index in [9.17, 15) is 4.79 Å². The van der Waals surface area contributed by atoms with Crippen molar-refractivity contribution in [3.8, 4) is 11.5 Å². The molecule has 1 amide bonds. The van der Waals surface area contributed by atoms with Crippen LogP contribution in [0.3, 0.4) is 0 Å². The number of amides is 1. The molecule has 5 nitrogen and oxygen atoms in total. The zero-order valence-corrected chi connectivity index (χ0v) is 13.5. The Hall–Kier alpha value is -1.72. The molecule has 21 heavy (non-hydrogen) atoms. The Balaban J connectivity index is 0.00000400. The van der Waals surface area contributed by atoms with E-state index in [-0.39, 0.29) is 18.3 Å². The fourth-order valence-electron chi connectivity index (χ4n) is 1.67. The number of hydrogen-bond donors (Lipinski definition) is 1. The first kappa shape index (κ1) is 19.3. The SMILES string of the molecule is C=CCOc1ccc(C(=O)N(C)CCNC)cc1OC.Cl. The highest BCUT2D eigenvalue weighted by Crippen LogP contribution is 2.28. The van der Waals surface area contributed by atoms with Gasteiger partial charge in [0.1, 0.15) is 6.61 Å². The normalized spacial score (nSPS) is 9.48. The van der Waals surface area contributed by atoms with Gasteiger partial charge in [-0.25, -0.2) is 0 Å². The predicted octanol–water partition coefficient (Wildman–Crippen LogP) is 1.97. The summed E-state index contributed by atoms with van der Waals surface area (Å²) in [5.74, 6) is 1.09. The third-order valence-corrected chi connectivity index (χ3v) is 2.81. The van der Waals surface area contributed by atoms with Gasteiger partial charge in [-0.15, -0.1) is 12.4 Å². The van der Waals surface area contributed by atoms with Gasteiger partial charge in [0.15, 0.2) is 11.5 Å². The van der Waals surface area contributed by atoms with Crippen LogP contribution in [0.25, 0.3) is 0 Å². The van der Waals surface area contributed by atoms with Crippen LogP contribution in [-0.2, 0) is 0 Å². The highest BCUT2D eigenvalue weighted by Gasteiger charge is 2.14. The third-order valence-electron chi connectivity index (χ3n) is 2.81. The molecule has 0 saturated carbocycles. The zero-order chi connectivity index (χ0) is 15.0. The summed E-state index contributed by atoms with van der Waals surface area (Å²) in [4.78, 5) is 13.9. The van der Waals surface area contributed by atoms with E-state index < -0.39 is 0 Å². The summed E-state index contributed by atoms with van der Waals surface area (Å²) in [5.41, 5.74) is 0.575. The monoisotopic (exact) mass is 314 g/mol. The molecule has 0 aliphatic rings. The molecule has 0 aliphatic heterocycles. The first-order chi connectivity index (χ1) is 9.63. The standard InChI is InChI=1S/C15H22N2O3.ClH/c1-5-10-20-13-7-6-12(11-14(13)19-4)15(18)17(3)9-8-16-2;/h5-7,11,16H,1,8-10H2,2-4H3;1H. The van der Waals surface area contributed by atoms with Gasteiger partial charge >= 0.3 is 0 Å². The van der Waals surface area contributed by atoms with E-state index >= 15 is 0 Å².